The Morgan fingerprint density at radius 1 is 1.11 bits per heavy atom. The first-order valence-corrected chi connectivity index (χ1v) is 9.04. The Kier molecular flexibility index (Phi) is 5.60. The molecule has 0 spiro atoms. The summed E-state index contributed by atoms with van der Waals surface area (Å²) in [5, 5.41) is 7.61. The molecule has 0 aliphatic carbocycles. The maximum Gasteiger partial charge on any atom is 0.224 e. The van der Waals surface area contributed by atoms with Crippen molar-refractivity contribution in [2.24, 2.45) is 0 Å². The highest BCUT2D eigenvalue weighted by Gasteiger charge is 2.15. The molecule has 27 heavy (non-hydrogen) atoms. The molecule has 0 aliphatic heterocycles. The van der Waals surface area contributed by atoms with Crippen LogP contribution in [0.25, 0.3) is 5.69 Å². The summed E-state index contributed by atoms with van der Waals surface area (Å²) in [6, 6.07) is 15.8. The van der Waals surface area contributed by atoms with E-state index >= 15 is 0 Å². The molecule has 0 bridgehead atoms. The van der Waals surface area contributed by atoms with Crippen LogP contribution < -0.4 is 10.1 Å². The molecule has 1 amide bonds. The van der Waals surface area contributed by atoms with Gasteiger partial charge in [0.1, 0.15) is 5.75 Å². The summed E-state index contributed by atoms with van der Waals surface area (Å²) in [6.45, 7) is 6.02. The molecule has 0 saturated carbocycles. The van der Waals surface area contributed by atoms with Gasteiger partial charge in [0.2, 0.25) is 5.91 Å². The average Bonchev–Trinajstić information content (AvgIpc) is 2.95. The predicted molar refractivity (Wildman–Crippen MR) is 108 cm³/mol. The quantitative estimate of drug-likeness (QED) is 0.707. The van der Waals surface area contributed by atoms with Crippen molar-refractivity contribution < 1.29 is 9.53 Å². The van der Waals surface area contributed by atoms with Crippen molar-refractivity contribution in [3.63, 3.8) is 0 Å². The number of aromatic nitrogens is 2. The Hall–Kier alpha value is -3.08. The molecule has 2 aromatic carbocycles. The predicted octanol–water partition coefficient (Wildman–Crippen LogP) is 4.38. The first-order chi connectivity index (χ1) is 13.0. The Morgan fingerprint density at radius 2 is 1.85 bits per heavy atom. The summed E-state index contributed by atoms with van der Waals surface area (Å²) in [4.78, 5) is 12.5. The molecule has 0 fully saturated rings. The standard InChI is InChI=1S/C22H25N3O2/c1-15-10-12-21(27-4)20(14-15)23-22(26)13-11-19-16(2)24-25(17(19)3)18-8-6-5-7-9-18/h5-10,12,14H,11,13H2,1-4H3,(H,23,26). The maximum atomic E-state index is 12.5. The number of nitrogens with zero attached hydrogens (tertiary/aromatic N) is 2. The van der Waals surface area contributed by atoms with Gasteiger partial charge in [0.25, 0.3) is 0 Å². The molecular weight excluding hydrogens is 338 g/mol. The third kappa shape index (κ3) is 4.19. The average molecular weight is 363 g/mol. The van der Waals surface area contributed by atoms with Crippen molar-refractivity contribution in [2.45, 2.75) is 33.6 Å². The molecule has 3 aromatic rings. The first kappa shape index (κ1) is 18.7. The lowest BCUT2D eigenvalue weighted by Gasteiger charge is -2.11. The normalized spacial score (nSPS) is 10.7. The number of amides is 1. The van der Waals surface area contributed by atoms with Crippen LogP contribution in [0.15, 0.2) is 48.5 Å². The largest absolute Gasteiger partial charge is 0.495 e. The number of carbonyl (C=O) groups excluding carboxylic acids is 1. The van der Waals surface area contributed by atoms with Gasteiger partial charge in [-0.3, -0.25) is 4.79 Å². The van der Waals surface area contributed by atoms with E-state index in [1.165, 1.54) is 0 Å². The SMILES string of the molecule is COc1ccc(C)cc1NC(=O)CCc1c(C)nn(-c2ccccc2)c1C. The summed E-state index contributed by atoms with van der Waals surface area (Å²) in [7, 11) is 1.60. The summed E-state index contributed by atoms with van der Waals surface area (Å²) in [5.74, 6) is 0.628. The van der Waals surface area contributed by atoms with E-state index in [-0.39, 0.29) is 5.91 Å². The van der Waals surface area contributed by atoms with Crippen molar-refractivity contribution in [3.05, 3.63) is 71.0 Å². The molecule has 0 saturated heterocycles. The Morgan fingerprint density at radius 3 is 2.56 bits per heavy atom. The smallest absolute Gasteiger partial charge is 0.224 e. The Bertz CT molecular complexity index is 946. The monoisotopic (exact) mass is 363 g/mol. The second-order valence-corrected chi connectivity index (χ2v) is 6.65. The van der Waals surface area contributed by atoms with Crippen molar-refractivity contribution in [3.8, 4) is 11.4 Å². The highest BCUT2D eigenvalue weighted by Crippen LogP contribution is 2.26. The van der Waals surface area contributed by atoms with E-state index in [4.69, 9.17) is 4.74 Å². The molecule has 5 heteroatoms. The lowest BCUT2D eigenvalue weighted by Crippen LogP contribution is -2.13. The number of carbonyl (C=O) groups is 1. The van der Waals surface area contributed by atoms with Crippen molar-refractivity contribution in [2.75, 3.05) is 12.4 Å². The molecule has 0 aliphatic rings. The summed E-state index contributed by atoms with van der Waals surface area (Å²) in [5.41, 5.74) is 5.94. The van der Waals surface area contributed by atoms with Crippen LogP contribution in [-0.4, -0.2) is 22.8 Å². The van der Waals surface area contributed by atoms with E-state index in [0.29, 0.717) is 24.3 Å². The minimum atomic E-state index is -0.0369. The minimum absolute atomic E-state index is 0.0369. The van der Waals surface area contributed by atoms with Gasteiger partial charge in [-0.15, -0.1) is 0 Å². The maximum absolute atomic E-state index is 12.5. The molecule has 0 unspecified atom stereocenters. The van der Waals surface area contributed by atoms with Crippen LogP contribution in [0, 0.1) is 20.8 Å². The van der Waals surface area contributed by atoms with Crippen LogP contribution >= 0.6 is 0 Å². The lowest BCUT2D eigenvalue weighted by molar-refractivity contribution is -0.116. The van der Waals surface area contributed by atoms with Crippen LogP contribution in [0.3, 0.4) is 0 Å². The highest BCUT2D eigenvalue weighted by atomic mass is 16.5. The number of para-hydroxylation sites is 1. The molecular formula is C22H25N3O2. The third-order valence-corrected chi connectivity index (χ3v) is 4.67. The fourth-order valence-corrected chi connectivity index (χ4v) is 3.23. The second kappa shape index (κ2) is 8.08. The van der Waals surface area contributed by atoms with Crippen LogP contribution in [-0.2, 0) is 11.2 Å². The van der Waals surface area contributed by atoms with Crippen molar-refractivity contribution in [1.82, 2.24) is 9.78 Å². The molecule has 0 radical (unpaired) electrons. The van der Waals surface area contributed by atoms with E-state index in [1.54, 1.807) is 7.11 Å². The van der Waals surface area contributed by atoms with Gasteiger partial charge in [0, 0.05) is 12.1 Å². The third-order valence-electron chi connectivity index (χ3n) is 4.67. The molecule has 0 atom stereocenters. The first-order valence-electron chi connectivity index (χ1n) is 9.04. The van der Waals surface area contributed by atoms with Crippen LogP contribution in [0.4, 0.5) is 5.69 Å². The Labute approximate surface area is 160 Å². The number of benzene rings is 2. The van der Waals surface area contributed by atoms with Gasteiger partial charge in [0.15, 0.2) is 0 Å². The van der Waals surface area contributed by atoms with E-state index in [2.05, 4.69) is 10.4 Å². The molecule has 140 valence electrons. The molecule has 1 N–H and O–H groups in total. The number of hydrogen-bond acceptors (Lipinski definition) is 3. The number of methoxy groups -OCH3 is 1. The van der Waals surface area contributed by atoms with Gasteiger partial charge in [0.05, 0.1) is 24.2 Å². The van der Waals surface area contributed by atoms with Crippen molar-refractivity contribution in [1.29, 1.82) is 0 Å². The van der Waals surface area contributed by atoms with Crippen LogP contribution in [0.5, 0.6) is 5.75 Å². The van der Waals surface area contributed by atoms with Gasteiger partial charge < -0.3 is 10.1 Å². The summed E-state index contributed by atoms with van der Waals surface area (Å²) >= 11 is 0. The minimum Gasteiger partial charge on any atom is -0.495 e. The number of aryl methyl sites for hydroxylation is 2. The van der Waals surface area contributed by atoms with Crippen molar-refractivity contribution >= 4 is 11.6 Å². The Balaban J connectivity index is 1.71. The van der Waals surface area contributed by atoms with Crippen LogP contribution in [0.2, 0.25) is 0 Å². The number of anilines is 1. The molecule has 3 rings (SSSR count). The summed E-state index contributed by atoms with van der Waals surface area (Å²) < 4.78 is 7.26. The molecule has 1 aromatic heterocycles. The van der Waals surface area contributed by atoms with Gasteiger partial charge in [-0.25, -0.2) is 4.68 Å². The highest BCUT2D eigenvalue weighted by molar-refractivity contribution is 5.92. The zero-order valence-corrected chi connectivity index (χ0v) is 16.2. The van der Waals surface area contributed by atoms with Gasteiger partial charge >= 0.3 is 0 Å². The fourth-order valence-electron chi connectivity index (χ4n) is 3.23. The zero-order chi connectivity index (χ0) is 19.4. The fraction of sp³-hybridized carbons (Fsp3) is 0.273. The molecule has 1 heterocycles. The lowest BCUT2D eigenvalue weighted by atomic mass is 10.1. The van der Waals surface area contributed by atoms with E-state index in [9.17, 15) is 4.79 Å². The number of nitrogens with one attached hydrogen (secondary N) is 1. The second-order valence-electron chi connectivity index (χ2n) is 6.65. The summed E-state index contributed by atoms with van der Waals surface area (Å²) in [6.07, 6.45) is 1.03. The van der Waals surface area contributed by atoms with Crippen LogP contribution in [0.1, 0.15) is 28.9 Å². The number of hydrogen-bond donors (Lipinski definition) is 1. The number of ether oxygens (including phenoxy) is 1. The van der Waals surface area contributed by atoms with E-state index in [1.807, 2.05) is 74.0 Å². The van der Waals surface area contributed by atoms with Gasteiger partial charge in [-0.1, -0.05) is 24.3 Å². The van der Waals surface area contributed by atoms with E-state index in [0.717, 1.165) is 28.2 Å². The van der Waals surface area contributed by atoms with Gasteiger partial charge in [-0.2, -0.15) is 5.10 Å². The number of rotatable bonds is 6. The zero-order valence-electron chi connectivity index (χ0n) is 16.2. The van der Waals surface area contributed by atoms with Gasteiger partial charge in [-0.05, 0) is 62.6 Å². The topological polar surface area (TPSA) is 56.1 Å². The molecule has 5 nitrogen and oxygen atoms in total. The van der Waals surface area contributed by atoms with E-state index < -0.39 is 0 Å².